The van der Waals surface area contributed by atoms with Crippen molar-refractivity contribution in [1.29, 1.82) is 0 Å². The van der Waals surface area contributed by atoms with E-state index in [4.69, 9.17) is 4.74 Å². The summed E-state index contributed by atoms with van der Waals surface area (Å²) in [6, 6.07) is 9.55. The molecule has 1 aromatic rings. The van der Waals surface area contributed by atoms with Crippen LogP contribution >= 0.6 is 0 Å². The van der Waals surface area contributed by atoms with E-state index in [1.54, 1.807) is 7.11 Å². The van der Waals surface area contributed by atoms with Crippen molar-refractivity contribution in [2.45, 2.75) is 45.2 Å². The van der Waals surface area contributed by atoms with E-state index in [1.165, 1.54) is 18.4 Å². The Morgan fingerprint density at radius 2 is 2.05 bits per heavy atom. The molecule has 0 heterocycles. The highest BCUT2D eigenvalue weighted by Gasteiger charge is 2.30. The third kappa shape index (κ3) is 3.97. The molecule has 20 heavy (non-hydrogen) atoms. The third-order valence-electron chi connectivity index (χ3n) is 4.04. The zero-order valence-electron chi connectivity index (χ0n) is 13.1. The molecule has 0 spiro atoms. The van der Waals surface area contributed by atoms with Crippen molar-refractivity contribution in [3.63, 3.8) is 0 Å². The minimum Gasteiger partial charge on any atom is -0.496 e. The molecule has 2 rings (SSSR count). The van der Waals surface area contributed by atoms with Crippen LogP contribution in [0.2, 0.25) is 0 Å². The molecule has 1 aliphatic carbocycles. The first kappa shape index (κ1) is 15.3. The fraction of sp³-hybridized carbons (Fsp3) is 0.647. The summed E-state index contributed by atoms with van der Waals surface area (Å²) in [6.45, 7) is 7.72. The molecule has 1 fully saturated rings. The van der Waals surface area contributed by atoms with Gasteiger partial charge in [0.15, 0.2) is 0 Å². The zero-order chi connectivity index (χ0) is 14.4. The average molecular weight is 276 g/mol. The summed E-state index contributed by atoms with van der Waals surface area (Å²) < 4.78 is 5.54. The normalized spacial score (nSPS) is 16.4. The van der Waals surface area contributed by atoms with Gasteiger partial charge in [0, 0.05) is 24.2 Å². The maximum Gasteiger partial charge on any atom is 0.123 e. The van der Waals surface area contributed by atoms with Crippen LogP contribution in [0.25, 0.3) is 0 Å². The molecule has 1 aliphatic rings. The Bertz CT molecular complexity index is 404. The largest absolute Gasteiger partial charge is 0.496 e. The van der Waals surface area contributed by atoms with Gasteiger partial charge in [0.1, 0.15) is 5.75 Å². The molecule has 1 N–H and O–H groups in total. The fourth-order valence-corrected chi connectivity index (χ4v) is 2.76. The fourth-order valence-electron chi connectivity index (χ4n) is 2.76. The predicted octanol–water partition coefficient (Wildman–Crippen LogP) is 3.22. The van der Waals surface area contributed by atoms with Crippen LogP contribution in [0, 0.1) is 0 Å². The van der Waals surface area contributed by atoms with Crippen LogP contribution in [0.15, 0.2) is 24.3 Å². The lowest BCUT2D eigenvalue weighted by atomic mass is 10.0. The first-order valence-electron chi connectivity index (χ1n) is 7.90. The van der Waals surface area contributed by atoms with Gasteiger partial charge in [-0.1, -0.05) is 32.0 Å². The second kappa shape index (κ2) is 7.65. The lowest BCUT2D eigenvalue weighted by molar-refractivity contribution is 0.242. The maximum absolute atomic E-state index is 5.54. The number of hydrogen-bond donors (Lipinski definition) is 1. The molecule has 3 nitrogen and oxygen atoms in total. The van der Waals surface area contributed by atoms with Crippen LogP contribution < -0.4 is 10.1 Å². The Hall–Kier alpha value is -1.06. The number of para-hydroxylation sites is 1. The number of ether oxygens (including phenoxy) is 1. The predicted molar refractivity (Wildman–Crippen MR) is 84.3 cm³/mol. The van der Waals surface area contributed by atoms with Gasteiger partial charge in [-0.15, -0.1) is 0 Å². The molecule has 0 aliphatic heterocycles. The molecule has 1 atom stereocenters. The van der Waals surface area contributed by atoms with E-state index in [0.717, 1.165) is 37.8 Å². The van der Waals surface area contributed by atoms with Gasteiger partial charge < -0.3 is 10.1 Å². The van der Waals surface area contributed by atoms with Gasteiger partial charge >= 0.3 is 0 Å². The second-order valence-electron chi connectivity index (χ2n) is 5.57. The van der Waals surface area contributed by atoms with Crippen LogP contribution in [0.5, 0.6) is 5.75 Å². The maximum atomic E-state index is 5.54. The molecule has 3 heteroatoms. The van der Waals surface area contributed by atoms with E-state index in [0.29, 0.717) is 6.04 Å². The lowest BCUT2D eigenvalue weighted by Gasteiger charge is -2.28. The van der Waals surface area contributed by atoms with Gasteiger partial charge in [0.05, 0.1) is 7.11 Å². The van der Waals surface area contributed by atoms with E-state index in [1.807, 2.05) is 6.07 Å². The van der Waals surface area contributed by atoms with Gasteiger partial charge in [0.25, 0.3) is 0 Å². The summed E-state index contributed by atoms with van der Waals surface area (Å²) in [4.78, 5) is 2.60. The summed E-state index contributed by atoms with van der Waals surface area (Å²) in [5.74, 6) is 0.993. The monoisotopic (exact) mass is 276 g/mol. The molecule has 0 aromatic heterocycles. The molecule has 0 saturated heterocycles. The number of methoxy groups -OCH3 is 1. The topological polar surface area (TPSA) is 24.5 Å². The molecular weight excluding hydrogens is 248 g/mol. The van der Waals surface area contributed by atoms with Gasteiger partial charge in [-0.05, 0) is 38.4 Å². The highest BCUT2D eigenvalue weighted by atomic mass is 16.5. The molecule has 1 unspecified atom stereocenters. The van der Waals surface area contributed by atoms with Gasteiger partial charge in [0.2, 0.25) is 0 Å². The Morgan fingerprint density at radius 3 is 2.65 bits per heavy atom. The van der Waals surface area contributed by atoms with Crippen LogP contribution in [-0.2, 0) is 0 Å². The number of benzene rings is 1. The van der Waals surface area contributed by atoms with Crippen molar-refractivity contribution >= 4 is 0 Å². The minimum absolute atomic E-state index is 0.353. The number of nitrogens with one attached hydrogen (secondary N) is 1. The smallest absolute Gasteiger partial charge is 0.123 e. The van der Waals surface area contributed by atoms with E-state index < -0.39 is 0 Å². The van der Waals surface area contributed by atoms with Crippen LogP contribution in [0.4, 0.5) is 0 Å². The first-order chi connectivity index (χ1) is 9.80. The van der Waals surface area contributed by atoms with Crippen molar-refractivity contribution in [1.82, 2.24) is 10.2 Å². The first-order valence-corrected chi connectivity index (χ1v) is 7.90. The highest BCUT2D eigenvalue weighted by Crippen LogP contribution is 2.31. The molecular formula is C17H28N2O. The molecule has 0 radical (unpaired) electrons. The van der Waals surface area contributed by atoms with E-state index in [9.17, 15) is 0 Å². The number of nitrogens with zero attached hydrogens (tertiary/aromatic N) is 1. The SMILES string of the molecule is CCCNC(CN(CC)C1CC1)c1ccccc1OC. The Kier molecular flexibility index (Phi) is 5.86. The summed E-state index contributed by atoms with van der Waals surface area (Å²) in [5, 5.41) is 3.69. The van der Waals surface area contributed by atoms with Crippen molar-refractivity contribution in [2.75, 3.05) is 26.7 Å². The van der Waals surface area contributed by atoms with Crippen molar-refractivity contribution < 1.29 is 4.74 Å². The van der Waals surface area contributed by atoms with Crippen molar-refractivity contribution in [2.24, 2.45) is 0 Å². The number of likely N-dealkylation sites (N-methyl/N-ethyl adjacent to an activating group) is 1. The zero-order valence-corrected chi connectivity index (χ0v) is 13.1. The number of hydrogen-bond acceptors (Lipinski definition) is 3. The van der Waals surface area contributed by atoms with Crippen LogP contribution in [-0.4, -0.2) is 37.7 Å². The second-order valence-corrected chi connectivity index (χ2v) is 5.57. The minimum atomic E-state index is 0.353. The summed E-state index contributed by atoms with van der Waals surface area (Å²) in [5.41, 5.74) is 1.28. The van der Waals surface area contributed by atoms with E-state index in [-0.39, 0.29) is 0 Å². The van der Waals surface area contributed by atoms with Gasteiger partial charge in [-0.25, -0.2) is 0 Å². The quantitative estimate of drug-likeness (QED) is 0.749. The molecule has 0 amide bonds. The molecule has 1 aromatic carbocycles. The molecule has 112 valence electrons. The van der Waals surface area contributed by atoms with E-state index in [2.05, 4.69) is 42.3 Å². The Balaban J connectivity index is 2.12. The summed E-state index contributed by atoms with van der Waals surface area (Å²) in [6.07, 6.45) is 3.88. The van der Waals surface area contributed by atoms with Crippen LogP contribution in [0.1, 0.15) is 44.7 Å². The average Bonchev–Trinajstić information content (AvgIpc) is 3.32. The summed E-state index contributed by atoms with van der Waals surface area (Å²) >= 11 is 0. The van der Waals surface area contributed by atoms with Crippen molar-refractivity contribution in [3.8, 4) is 5.75 Å². The summed E-state index contributed by atoms with van der Waals surface area (Å²) in [7, 11) is 1.76. The number of rotatable bonds is 9. The Morgan fingerprint density at radius 1 is 1.30 bits per heavy atom. The van der Waals surface area contributed by atoms with Gasteiger partial charge in [-0.3, -0.25) is 4.90 Å². The van der Waals surface area contributed by atoms with Gasteiger partial charge in [-0.2, -0.15) is 0 Å². The highest BCUT2D eigenvalue weighted by molar-refractivity contribution is 5.36. The molecule has 1 saturated carbocycles. The molecule has 0 bridgehead atoms. The lowest BCUT2D eigenvalue weighted by Crippen LogP contribution is -2.37. The van der Waals surface area contributed by atoms with Crippen molar-refractivity contribution in [3.05, 3.63) is 29.8 Å². The van der Waals surface area contributed by atoms with Crippen LogP contribution in [0.3, 0.4) is 0 Å². The third-order valence-corrected chi connectivity index (χ3v) is 4.04. The standard InChI is InChI=1S/C17H28N2O/c1-4-12-18-16(13-19(5-2)14-10-11-14)15-8-6-7-9-17(15)20-3/h6-9,14,16,18H,4-5,10-13H2,1-3H3. The van der Waals surface area contributed by atoms with E-state index >= 15 is 0 Å². The Labute approximate surface area is 123 Å².